The van der Waals surface area contributed by atoms with Crippen molar-refractivity contribution in [2.24, 2.45) is 0 Å². The van der Waals surface area contributed by atoms with Crippen molar-refractivity contribution in [2.75, 3.05) is 7.11 Å². The lowest BCUT2D eigenvalue weighted by Gasteiger charge is -2.42. The molecule has 0 aliphatic rings. The number of benzene rings is 1. The fourth-order valence-corrected chi connectivity index (χ4v) is 3.10. The van der Waals surface area contributed by atoms with E-state index in [-0.39, 0.29) is 12.8 Å². The summed E-state index contributed by atoms with van der Waals surface area (Å²) in [5.41, 5.74) is 0.483. The summed E-state index contributed by atoms with van der Waals surface area (Å²) >= 11 is 0. The van der Waals surface area contributed by atoms with Crippen molar-refractivity contribution in [3.05, 3.63) is 29.8 Å². The second-order valence-corrected chi connectivity index (χ2v) is 8.02. The van der Waals surface area contributed by atoms with Crippen LogP contribution in [0.25, 0.3) is 0 Å². The molecule has 38 heavy (non-hydrogen) atoms. The molecule has 0 amide bonds. The van der Waals surface area contributed by atoms with Gasteiger partial charge in [0.05, 0.1) is 7.11 Å². The molecule has 0 saturated heterocycles. The molecule has 1 aromatic carbocycles. The second-order valence-electron chi connectivity index (χ2n) is 8.02. The first-order valence-corrected chi connectivity index (χ1v) is 10.1. The number of aryl methyl sites for hydroxylation is 1. The van der Waals surface area contributed by atoms with E-state index >= 15 is 0 Å². The van der Waals surface area contributed by atoms with Crippen molar-refractivity contribution < 1.29 is 79.4 Å². The maximum atomic E-state index is 13.9. The molecule has 0 spiro atoms. The Kier molecular flexibility index (Phi) is 9.29. The van der Waals surface area contributed by atoms with Gasteiger partial charge >= 0.3 is 47.6 Å². The summed E-state index contributed by atoms with van der Waals surface area (Å²) in [5.74, 6) is -55.6. The second kappa shape index (κ2) is 10.4. The van der Waals surface area contributed by atoms with Gasteiger partial charge in [-0.3, -0.25) is 0 Å². The lowest BCUT2D eigenvalue weighted by molar-refractivity contribution is -0.461. The van der Waals surface area contributed by atoms with Gasteiger partial charge < -0.3 is 4.74 Å². The molecule has 1 aromatic rings. The molecular weight excluding hydrogens is 579 g/mol. The molecule has 0 unspecified atom stereocenters. The topological polar surface area (TPSA) is 9.23 Å². The monoisotopic (exact) mass is 596 g/mol. The smallest absolute Gasteiger partial charge is 0.460 e. The zero-order valence-electron chi connectivity index (χ0n) is 18.7. The van der Waals surface area contributed by atoms with Crippen molar-refractivity contribution >= 4 is 0 Å². The molecule has 222 valence electrons. The third-order valence-corrected chi connectivity index (χ3v) is 5.42. The Bertz CT molecular complexity index is 936. The van der Waals surface area contributed by atoms with E-state index in [1.54, 1.807) is 6.07 Å². The van der Waals surface area contributed by atoms with E-state index in [2.05, 4.69) is 0 Å². The predicted molar refractivity (Wildman–Crippen MR) is 95.9 cm³/mol. The average molecular weight is 596 g/mol. The Morgan fingerprint density at radius 3 is 1.39 bits per heavy atom. The van der Waals surface area contributed by atoms with Crippen LogP contribution in [0.2, 0.25) is 0 Å². The number of methoxy groups -OCH3 is 1. The Hall–Kier alpha value is -2.17. The molecule has 0 bridgehead atoms. The van der Waals surface area contributed by atoms with Crippen LogP contribution in [0, 0.1) is 0 Å². The fraction of sp³-hybridized carbons (Fsp3) is 0.700. The van der Waals surface area contributed by atoms with Gasteiger partial charge in [-0.2, -0.15) is 74.6 Å². The number of unbranched alkanes of at least 4 members (excludes halogenated alkanes) is 2. The summed E-state index contributed by atoms with van der Waals surface area (Å²) in [6, 6.07) is 6.06. The van der Waals surface area contributed by atoms with Crippen molar-refractivity contribution in [3.63, 3.8) is 0 Å². The SMILES string of the molecule is COc1ccccc1CCCCCC(F)(F)C(F)(F)C(F)(F)C(F)(F)C(F)(F)C(F)(F)C(F)(F)C(F)(F)F. The molecule has 0 radical (unpaired) electrons. The molecule has 0 heterocycles. The highest BCUT2D eigenvalue weighted by Crippen LogP contribution is 2.64. The summed E-state index contributed by atoms with van der Waals surface area (Å²) in [5, 5.41) is 0. The van der Waals surface area contributed by atoms with Gasteiger partial charge in [-0.15, -0.1) is 0 Å². The van der Waals surface area contributed by atoms with Crippen LogP contribution in [0.3, 0.4) is 0 Å². The molecule has 0 saturated carbocycles. The van der Waals surface area contributed by atoms with E-state index in [1.807, 2.05) is 0 Å². The quantitative estimate of drug-likeness (QED) is 0.163. The van der Waals surface area contributed by atoms with E-state index in [9.17, 15) is 74.6 Å². The largest absolute Gasteiger partial charge is 0.496 e. The van der Waals surface area contributed by atoms with Gasteiger partial charge in [0.1, 0.15) is 5.75 Å². The van der Waals surface area contributed by atoms with E-state index in [1.165, 1.54) is 25.3 Å². The third kappa shape index (κ3) is 5.31. The number of halogens is 17. The van der Waals surface area contributed by atoms with E-state index in [0.717, 1.165) is 0 Å². The van der Waals surface area contributed by atoms with Crippen LogP contribution in [0.1, 0.15) is 31.2 Å². The van der Waals surface area contributed by atoms with Gasteiger partial charge in [0.25, 0.3) is 0 Å². The minimum atomic E-state index is -8.60. The molecule has 0 N–H and O–H groups in total. The summed E-state index contributed by atoms with van der Waals surface area (Å²) in [6.45, 7) is 0. The molecule has 1 rings (SSSR count). The summed E-state index contributed by atoms with van der Waals surface area (Å²) < 4.78 is 230. The van der Waals surface area contributed by atoms with Crippen molar-refractivity contribution in [2.45, 2.75) is 79.7 Å². The van der Waals surface area contributed by atoms with Crippen LogP contribution in [0.4, 0.5) is 74.6 Å². The minimum Gasteiger partial charge on any atom is -0.496 e. The molecule has 0 aliphatic heterocycles. The first-order chi connectivity index (χ1) is 16.8. The number of hydrogen-bond donors (Lipinski definition) is 0. The highest BCUT2D eigenvalue weighted by Gasteiger charge is 2.95. The molecule has 0 aromatic heterocycles. The van der Waals surface area contributed by atoms with Crippen molar-refractivity contribution in [1.82, 2.24) is 0 Å². The highest BCUT2D eigenvalue weighted by atomic mass is 19.4. The molecule has 0 aliphatic carbocycles. The lowest BCUT2D eigenvalue weighted by atomic mass is 9.87. The highest BCUT2D eigenvalue weighted by molar-refractivity contribution is 5.33. The predicted octanol–water partition coefficient (Wildman–Crippen LogP) is 8.81. The fourth-order valence-electron chi connectivity index (χ4n) is 3.10. The van der Waals surface area contributed by atoms with Crippen LogP contribution >= 0.6 is 0 Å². The van der Waals surface area contributed by atoms with Gasteiger partial charge in [-0.05, 0) is 30.9 Å². The third-order valence-electron chi connectivity index (χ3n) is 5.42. The number of ether oxygens (including phenoxy) is 1. The van der Waals surface area contributed by atoms with Crippen LogP contribution in [0.5, 0.6) is 5.75 Å². The molecule has 0 fully saturated rings. The van der Waals surface area contributed by atoms with Gasteiger partial charge in [0, 0.05) is 6.42 Å². The Morgan fingerprint density at radius 1 is 0.526 bits per heavy atom. The number of alkyl halides is 17. The first kappa shape index (κ1) is 33.9. The molecule has 1 nitrogen and oxygen atoms in total. The standard InChI is InChI=1S/C20H17F17O/c1-38-12-9-5-4-8-11(12)7-3-2-6-10-13(21,22)14(23,24)15(25,26)16(27,28)17(29,30)18(31,32)19(33,34)20(35,36)37/h4-5,8-9H,2-3,6-7,10H2,1H3. The maximum absolute atomic E-state index is 13.9. The minimum absolute atomic E-state index is 0.0505. The molecule has 18 heteroatoms. The summed E-state index contributed by atoms with van der Waals surface area (Å²) in [6.07, 6.45) is -11.8. The number of rotatable bonds is 13. The zero-order valence-corrected chi connectivity index (χ0v) is 18.7. The Morgan fingerprint density at radius 2 is 0.947 bits per heavy atom. The van der Waals surface area contributed by atoms with Gasteiger partial charge in [0.15, 0.2) is 0 Å². The Labute approximate surface area is 202 Å². The zero-order chi connectivity index (χ0) is 30.2. The van der Waals surface area contributed by atoms with Crippen LogP contribution in [0.15, 0.2) is 24.3 Å². The first-order valence-electron chi connectivity index (χ1n) is 10.1. The molecular formula is C20H17F17O. The number of hydrogen-bond acceptors (Lipinski definition) is 1. The van der Waals surface area contributed by atoms with E-state index in [0.29, 0.717) is 11.3 Å². The van der Waals surface area contributed by atoms with E-state index in [4.69, 9.17) is 4.74 Å². The van der Waals surface area contributed by atoms with E-state index < -0.39 is 66.9 Å². The molecule has 0 atom stereocenters. The number of para-hydroxylation sites is 1. The maximum Gasteiger partial charge on any atom is 0.460 e. The van der Waals surface area contributed by atoms with Crippen LogP contribution < -0.4 is 4.74 Å². The Balaban J connectivity index is 3.14. The van der Waals surface area contributed by atoms with Crippen LogP contribution in [-0.4, -0.2) is 54.7 Å². The normalized spacial score (nSPS) is 15.1. The van der Waals surface area contributed by atoms with Gasteiger partial charge in [-0.25, -0.2) is 0 Å². The van der Waals surface area contributed by atoms with Crippen molar-refractivity contribution in [3.8, 4) is 5.75 Å². The van der Waals surface area contributed by atoms with Gasteiger partial charge in [-0.1, -0.05) is 24.6 Å². The average Bonchev–Trinajstić information content (AvgIpc) is 2.77. The van der Waals surface area contributed by atoms with Gasteiger partial charge in [0.2, 0.25) is 0 Å². The van der Waals surface area contributed by atoms with Crippen LogP contribution in [-0.2, 0) is 6.42 Å². The summed E-state index contributed by atoms with van der Waals surface area (Å²) in [4.78, 5) is 0. The lowest BCUT2D eigenvalue weighted by Crippen LogP contribution is -2.74. The van der Waals surface area contributed by atoms with Crippen molar-refractivity contribution in [1.29, 1.82) is 0 Å². The summed E-state index contributed by atoms with van der Waals surface area (Å²) in [7, 11) is 1.26.